The van der Waals surface area contributed by atoms with Crippen molar-refractivity contribution in [1.82, 2.24) is 4.90 Å². The van der Waals surface area contributed by atoms with Gasteiger partial charge in [-0.2, -0.15) is 0 Å². The number of rotatable bonds is 3. The maximum Gasteiger partial charge on any atom is 0.256 e. The summed E-state index contributed by atoms with van der Waals surface area (Å²) in [5.41, 5.74) is 7.32. The quantitative estimate of drug-likeness (QED) is 0.880. The smallest absolute Gasteiger partial charge is 0.256 e. The molecule has 2 aromatic carbocycles. The van der Waals surface area contributed by atoms with Crippen LogP contribution >= 0.6 is 11.6 Å². The highest BCUT2D eigenvalue weighted by Crippen LogP contribution is 2.19. The summed E-state index contributed by atoms with van der Waals surface area (Å²) >= 11 is 5.82. The van der Waals surface area contributed by atoms with Gasteiger partial charge in [-0.05, 0) is 42.3 Å². The summed E-state index contributed by atoms with van der Waals surface area (Å²) in [6.07, 6.45) is 0. The molecule has 0 unspecified atom stereocenters. The Hall–Kier alpha value is -2.07. The van der Waals surface area contributed by atoms with Crippen molar-refractivity contribution in [3.05, 3.63) is 63.9 Å². The fraction of sp³-hybridized carbons (Fsp3) is 0.188. The number of benzene rings is 2. The van der Waals surface area contributed by atoms with Crippen LogP contribution in [-0.2, 0) is 6.54 Å². The highest BCUT2D eigenvalue weighted by molar-refractivity contribution is 6.30. The zero-order valence-electron chi connectivity index (χ0n) is 11.9. The first-order valence-corrected chi connectivity index (χ1v) is 6.82. The van der Waals surface area contributed by atoms with Crippen molar-refractivity contribution in [2.45, 2.75) is 13.5 Å². The molecule has 0 radical (unpaired) electrons. The Balaban J connectivity index is 2.21. The number of carbonyl (C=O) groups is 1. The Morgan fingerprint density at radius 3 is 2.52 bits per heavy atom. The standard InChI is InChI=1S/C16H16ClFN2O/c1-10-7-13(19)8-14(15(10)18)16(21)20(2)9-11-3-5-12(17)6-4-11/h3-8H,9,19H2,1-2H3. The summed E-state index contributed by atoms with van der Waals surface area (Å²) in [7, 11) is 1.62. The van der Waals surface area contributed by atoms with E-state index in [9.17, 15) is 9.18 Å². The summed E-state index contributed by atoms with van der Waals surface area (Å²) in [5.74, 6) is -0.935. The number of amides is 1. The van der Waals surface area contributed by atoms with Crippen molar-refractivity contribution in [2.24, 2.45) is 0 Å². The van der Waals surface area contributed by atoms with E-state index in [4.69, 9.17) is 17.3 Å². The van der Waals surface area contributed by atoms with Gasteiger partial charge in [-0.25, -0.2) is 4.39 Å². The third-order valence-electron chi connectivity index (χ3n) is 3.19. The summed E-state index contributed by atoms with van der Waals surface area (Å²) < 4.78 is 14.1. The lowest BCUT2D eigenvalue weighted by Crippen LogP contribution is -2.27. The Bertz CT molecular complexity index is 671. The van der Waals surface area contributed by atoms with Crippen LogP contribution in [0.3, 0.4) is 0 Å². The van der Waals surface area contributed by atoms with Crippen LogP contribution < -0.4 is 5.73 Å². The number of hydrogen-bond acceptors (Lipinski definition) is 2. The molecule has 2 aromatic rings. The van der Waals surface area contributed by atoms with Crippen LogP contribution in [0.2, 0.25) is 5.02 Å². The second-order valence-electron chi connectivity index (χ2n) is 4.99. The van der Waals surface area contributed by atoms with E-state index >= 15 is 0 Å². The van der Waals surface area contributed by atoms with E-state index < -0.39 is 11.7 Å². The van der Waals surface area contributed by atoms with E-state index in [0.717, 1.165) is 5.56 Å². The predicted octanol–water partition coefficient (Wildman–Crippen LogP) is 3.64. The number of aryl methyl sites for hydroxylation is 1. The minimum absolute atomic E-state index is 0.0102. The summed E-state index contributed by atoms with van der Waals surface area (Å²) in [5, 5.41) is 0.630. The van der Waals surface area contributed by atoms with Gasteiger partial charge in [0.15, 0.2) is 0 Å². The van der Waals surface area contributed by atoms with E-state index in [0.29, 0.717) is 22.8 Å². The van der Waals surface area contributed by atoms with Gasteiger partial charge in [0, 0.05) is 24.3 Å². The van der Waals surface area contributed by atoms with E-state index in [-0.39, 0.29) is 5.56 Å². The SMILES string of the molecule is Cc1cc(N)cc(C(=O)N(C)Cc2ccc(Cl)cc2)c1F. The highest BCUT2D eigenvalue weighted by Gasteiger charge is 2.18. The van der Waals surface area contributed by atoms with Crippen LogP contribution in [0.25, 0.3) is 0 Å². The highest BCUT2D eigenvalue weighted by atomic mass is 35.5. The molecule has 0 atom stereocenters. The molecule has 0 aliphatic rings. The second-order valence-corrected chi connectivity index (χ2v) is 5.42. The molecular weight excluding hydrogens is 291 g/mol. The van der Waals surface area contributed by atoms with Crippen molar-refractivity contribution in [3.8, 4) is 0 Å². The molecule has 2 N–H and O–H groups in total. The number of nitrogens with two attached hydrogens (primary N) is 1. The Labute approximate surface area is 128 Å². The first-order chi connectivity index (χ1) is 9.88. The van der Waals surface area contributed by atoms with Crippen molar-refractivity contribution < 1.29 is 9.18 Å². The molecule has 0 spiro atoms. The van der Waals surface area contributed by atoms with Gasteiger partial charge < -0.3 is 10.6 Å². The van der Waals surface area contributed by atoms with Crippen LogP contribution in [-0.4, -0.2) is 17.9 Å². The Morgan fingerprint density at radius 2 is 1.90 bits per heavy atom. The molecule has 0 fully saturated rings. The number of hydrogen-bond donors (Lipinski definition) is 1. The fourth-order valence-corrected chi connectivity index (χ4v) is 2.22. The molecule has 21 heavy (non-hydrogen) atoms. The van der Waals surface area contributed by atoms with E-state index in [1.54, 1.807) is 26.1 Å². The lowest BCUT2D eigenvalue weighted by molar-refractivity contribution is 0.0780. The van der Waals surface area contributed by atoms with Crippen molar-refractivity contribution in [3.63, 3.8) is 0 Å². The van der Waals surface area contributed by atoms with Gasteiger partial charge in [0.05, 0.1) is 5.56 Å². The van der Waals surface area contributed by atoms with Gasteiger partial charge in [0.2, 0.25) is 0 Å². The third kappa shape index (κ3) is 3.52. The molecule has 0 saturated heterocycles. The average molecular weight is 307 g/mol. The van der Waals surface area contributed by atoms with Crippen LogP contribution in [0.1, 0.15) is 21.5 Å². The van der Waals surface area contributed by atoms with Crippen molar-refractivity contribution in [1.29, 1.82) is 0 Å². The summed E-state index contributed by atoms with van der Waals surface area (Å²) in [6, 6.07) is 10.0. The lowest BCUT2D eigenvalue weighted by Gasteiger charge is -2.18. The zero-order chi connectivity index (χ0) is 15.6. The third-order valence-corrected chi connectivity index (χ3v) is 3.44. The largest absolute Gasteiger partial charge is 0.399 e. The molecular formula is C16H16ClFN2O. The van der Waals surface area contributed by atoms with Gasteiger partial charge in [-0.3, -0.25) is 4.79 Å². The second kappa shape index (κ2) is 6.14. The Morgan fingerprint density at radius 1 is 1.29 bits per heavy atom. The van der Waals surface area contributed by atoms with Gasteiger partial charge >= 0.3 is 0 Å². The molecule has 2 rings (SSSR count). The topological polar surface area (TPSA) is 46.3 Å². The van der Waals surface area contributed by atoms with Gasteiger partial charge in [-0.1, -0.05) is 23.7 Å². The van der Waals surface area contributed by atoms with Crippen LogP contribution in [0.5, 0.6) is 0 Å². The average Bonchev–Trinajstić information content (AvgIpc) is 2.44. The number of nitrogens with zero attached hydrogens (tertiary/aromatic N) is 1. The molecule has 0 bridgehead atoms. The van der Waals surface area contributed by atoms with Crippen LogP contribution in [0.4, 0.5) is 10.1 Å². The minimum Gasteiger partial charge on any atom is -0.399 e. The molecule has 3 nitrogen and oxygen atoms in total. The molecule has 5 heteroatoms. The number of anilines is 1. The van der Waals surface area contributed by atoms with Crippen LogP contribution in [0.15, 0.2) is 36.4 Å². The normalized spacial score (nSPS) is 10.5. The molecule has 0 saturated carbocycles. The van der Waals surface area contributed by atoms with E-state index in [1.807, 2.05) is 12.1 Å². The molecule has 0 aliphatic carbocycles. The summed E-state index contributed by atoms with van der Waals surface area (Å²) in [4.78, 5) is 13.8. The first kappa shape index (κ1) is 15.3. The summed E-state index contributed by atoms with van der Waals surface area (Å²) in [6.45, 7) is 1.95. The molecule has 110 valence electrons. The number of nitrogen functional groups attached to an aromatic ring is 1. The monoisotopic (exact) mass is 306 g/mol. The lowest BCUT2D eigenvalue weighted by atomic mass is 10.1. The first-order valence-electron chi connectivity index (χ1n) is 6.44. The van der Waals surface area contributed by atoms with Gasteiger partial charge in [0.25, 0.3) is 5.91 Å². The van der Waals surface area contributed by atoms with Gasteiger partial charge in [0.1, 0.15) is 5.82 Å². The minimum atomic E-state index is -0.530. The molecule has 0 heterocycles. The molecule has 0 aromatic heterocycles. The predicted molar refractivity (Wildman–Crippen MR) is 82.8 cm³/mol. The maximum absolute atomic E-state index is 14.1. The maximum atomic E-state index is 14.1. The van der Waals surface area contributed by atoms with Crippen molar-refractivity contribution in [2.75, 3.05) is 12.8 Å². The van der Waals surface area contributed by atoms with Crippen LogP contribution in [0, 0.1) is 12.7 Å². The van der Waals surface area contributed by atoms with Gasteiger partial charge in [-0.15, -0.1) is 0 Å². The molecule has 1 amide bonds. The fourth-order valence-electron chi connectivity index (χ4n) is 2.09. The van der Waals surface area contributed by atoms with E-state index in [1.165, 1.54) is 17.0 Å². The molecule has 0 aliphatic heterocycles. The Kier molecular flexibility index (Phi) is 4.48. The zero-order valence-corrected chi connectivity index (χ0v) is 12.6. The van der Waals surface area contributed by atoms with Crippen molar-refractivity contribution >= 4 is 23.2 Å². The number of halogens is 2. The van der Waals surface area contributed by atoms with E-state index in [2.05, 4.69) is 0 Å². The number of carbonyl (C=O) groups excluding carboxylic acids is 1.